The van der Waals surface area contributed by atoms with Gasteiger partial charge in [-0.3, -0.25) is 9.52 Å². The molecule has 0 saturated heterocycles. The SMILES string of the molecule is CC(CCl)CS(=O)(=O)Nc1sccc1C(N)=O. The molecular weight excluding hydrogens is 284 g/mol. The third kappa shape index (κ3) is 4.18. The van der Waals surface area contributed by atoms with E-state index in [2.05, 4.69) is 4.72 Å². The third-order valence-electron chi connectivity index (χ3n) is 1.95. The Morgan fingerprint density at radius 2 is 2.29 bits per heavy atom. The van der Waals surface area contributed by atoms with Crippen LogP contribution in [0.4, 0.5) is 5.00 Å². The summed E-state index contributed by atoms with van der Waals surface area (Å²) in [6, 6.07) is 1.48. The topological polar surface area (TPSA) is 89.3 Å². The number of alkyl halides is 1. The number of thiophene rings is 1. The van der Waals surface area contributed by atoms with Crippen LogP contribution in [-0.4, -0.2) is 26.0 Å². The lowest BCUT2D eigenvalue weighted by Gasteiger charge is -2.10. The molecule has 8 heteroatoms. The number of primary amides is 1. The first kappa shape index (κ1) is 14.3. The summed E-state index contributed by atoms with van der Waals surface area (Å²) >= 11 is 6.67. The molecule has 1 amide bonds. The van der Waals surface area contributed by atoms with E-state index < -0.39 is 15.9 Å². The average Bonchev–Trinajstić information content (AvgIpc) is 2.64. The van der Waals surface area contributed by atoms with Crippen LogP contribution in [0.2, 0.25) is 0 Å². The van der Waals surface area contributed by atoms with Crippen molar-refractivity contribution >= 4 is 43.9 Å². The maximum absolute atomic E-state index is 11.7. The monoisotopic (exact) mass is 296 g/mol. The molecule has 0 bridgehead atoms. The second-order valence-corrected chi connectivity index (χ2v) is 6.66. The first-order chi connectivity index (χ1) is 7.85. The minimum absolute atomic E-state index is 0.0907. The van der Waals surface area contributed by atoms with Gasteiger partial charge in [-0.15, -0.1) is 22.9 Å². The molecule has 1 unspecified atom stereocenters. The Morgan fingerprint density at radius 3 is 2.82 bits per heavy atom. The van der Waals surface area contributed by atoms with Crippen LogP contribution in [0.5, 0.6) is 0 Å². The molecule has 17 heavy (non-hydrogen) atoms. The Labute approximate surface area is 109 Å². The molecule has 5 nitrogen and oxygen atoms in total. The lowest BCUT2D eigenvalue weighted by atomic mass is 10.3. The number of carbonyl (C=O) groups is 1. The van der Waals surface area contributed by atoms with Crippen LogP contribution >= 0.6 is 22.9 Å². The summed E-state index contributed by atoms with van der Waals surface area (Å²) < 4.78 is 25.8. The Hall–Kier alpha value is -0.790. The van der Waals surface area contributed by atoms with Gasteiger partial charge in [-0.1, -0.05) is 6.92 Å². The van der Waals surface area contributed by atoms with Gasteiger partial charge in [0.2, 0.25) is 10.0 Å². The molecule has 0 aliphatic heterocycles. The molecule has 1 aromatic heterocycles. The molecule has 1 rings (SSSR count). The zero-order valence-corrected chi connectivity index (χ0v) is 11.5. The number of sulfonamides is 1. The fourth-order valence-corrected chi connectivity index (χ4v) is 3.97. The second-order valence-electron chi connectivity index (χ2n) is 3.67. The van der Waals surface area contributed by atoms with Gasteiger partial charge in [0.05, 0.1) is 11.3 Å². The van der Waals surface area contributed by atoms with Crippen LogP contribution in [0.1, 0.15) is 17.3 Å². The van der Waals surface area contributed by atoms with Crippen molar-refractivity contribution in [2.45, 2.75) is 6.92 Å². The minimum atomic E-state index is -3.50. The Bertz CT molecular complexity index is 498. The summed E-state index contributed by atoms with van der Waals surface area (Å²) in [5.41, 5.74) is 5.29. The minimum Gasteiger partial charge on any atom is -0.366 e. The van der Waals surface area contributed by atoms with Crippen LogP contribution in [0.3, 0.4) is 0 Å². The largest absolute Gasteiger partial charge is 0.366 e. The van der Waals surface area contributed by atoms with Crippen LogP contribution in [0.25, 0.3) is 0 Å². The number of anilines is 1. The molecule has 0 aliphatic carbocycles. The van der Waals surface area contributed by atoms with E-state index in [9.17, 15) is 13.2 Å². The van der Waals surface area contributed by atoms with E-state index in [1.165, 1.54) is 6.07 Å². The molecule has 1 heterocycles. The van der Waals surface area contributed by atoms with Crippen LogP contribution in [0, 0.1) is 5.92 Å². The second kappa shape index (κ2) is 5.70. The first-order valence-corrected chi connectivity index (χ1v) is 7.86. The van der Waals surface area contributed by atoms with Crippen molar-refractivity contribution in [3.63, 3.8) is 0 Å². The highest BCUT2D eigenvalue weighted by Crippen LogP contribution is 2.24. The van der Waals surface area contributed by atoms with Crippen molar-refractivity contribution in [2.24, 2.45) is 11.7 Å². The van der Waals surface area contributed by atoms with Crippen LogP contribution in [0.15, 0.2) is 11.4 Å². The molecule has 0 aromatic carbocycles. The number of hydrogen-bond acceptors (Lipinski definition) is 4. The number of nitrogens with one attached hydrogen (secondary N) is 1. The lowest BCUT2D eigenvalue weighted by molar-refractivity contribution is 0.100. The van der Waals surface area contributed by atoms with Gasteiger partial charge in [0.15, 0.2) is 0 Å². The Morgan fingerprint density at radius 1 is 1.65 bits per heavy atom. The number of hydrogen-bond donors (Lipinski definition) is 2. The fraction of sp³-hybridized carbons (Fsp3) is 0.444. The van der Waals surface area contributed by atoms with Gasteiger partial charge in [0.25, 0.3) is 5.91 Å². The zero-order valence-electron chi connectivity index (χ0n) is 9.14. The number of nitrogens with two attached hydrogens (primary N) is 1. The van der Waals surface area contributed by atoms with Gasteiger partial charge in [-0.2, -0.15) is 0 Å². The quantitative estimate of drug-likeness (QED) is 0.779. The predicted octanol–water partition coefficient (Wildman–Crippen LogP) is 1.46. The highest BCUT2D eigenvalue weighted by Gasteiger charge is 2.19. The molecule has 0 spiro atoms. The normalized spacial score (nSPS) is 13.3. The molecule has 0 aliphatic rings. The summed E-state index contributed by atoms with van der Waals surface area (Å²) in [5.74, 6) is -0.652. The number of halogens is 1. The van der Waals surface area contributed by atoms with Crippen molar-refractivity contribution in [3.8, 4) is 0 Å². The molecule has 3 N–H and O–H groups in total. The summed E-state index contributed by atoms with van der Waals surface area (Å²) in [6.07, 6.45) is 0. The lowest BCUT2D eigenvalue weighted by Crippen LogP contribution is -2.23. The van der Waals surface area contributed by atoms with Crippen molar-refractivity contribution in [3.05, 3.63) is 17.0 Å². The fourth-order valence-electron chi connectivity index (χ4n) is 1.18. The summed E-state index contributed by atoms with van der Waals surface area (Å²) in [5, 5.41) is 1.85. The molecule has 0 fully saturated rings. The van der Waals surface area contributed by atoms with Crippen molar-refractivity contribution in [1.82, 2.24) is 0 Å². The Kier molecular flexibility index (Phi) is 4.79. The van der Waals surface area contributed by atoms with Gasteiger partial charge in [0, 0.05) is 5.88 Å². The smallest absolute Gasteiger partial charge is 0.251 e. The van der Waals surface area contributed by atoms with Gasteiger partial charge in [-0.05, 0) is 17.4 Å². The molecule has 1 aromatic rings. The summed E-state index contributed by atoms with van der Waals surface area (Å²) in [7, 11) is -3.50. The summed E-state index contributed by atoms with van der Waals surface area (Å²) in [6.45, 7) is 1.73. The maximum atomic E-state index is 11.7. The maximum Gasteiger partial charge on any atom is 0.251 e. The van der Waals surface area contributed by atoms with E-state index in [0.717, 1.165) is 11.3 Å². The Balaban J connectivity index is 2.83. The van der Waals surface area contributed by atoms with E-state index in [-0.39, 0.29) is 28.1 Å². The first-order valence-electron chi connectivity index (χ1n) is 4.79. The van der Waals surface area contributed by atoms with Gasteiger partial charge < -0.3 is 5.73 Å². The van der Waals surface area contributed by atoms with Crippen molar-refractivity contribution in [2.75, 3.05) is 16.4 Å². The highest BCUT2D eigenvalue weighted by atomic mass is 35.5. The van der Waals surface area contributed by atoms with Crippen LogP contribution < -0.4 is 10.5 Å². The molecule has 96 valence electrons. The van der Waals surface area contributed by atoms with Gasteiger partial charge in [-0.25, -0.2) is 8.42 Å². The van der Waals surface area contributed by atoms with Gasteiger partial charge >= 0.3 is 0 Å². The van der Waals surface area contributed by atoms with E-state index in [1.54, 1.807) is 12.3 Å². The van der Waals surface area contributed by atoms with Crippen molar-refractivity contribution in [1.29, 1.82) is 0 Å². The van der Waals surface area contributed by atoms with E-state index in [1.807, 2.05) is 0 Å². The number of rotatable bonds is 6. The zero-order chi connectivity index (χ0) is 13.1. The highest BCUT2D eigenvalue weighted by molar-refractivity contribution is 7.92. The van der Waals surface area contributed by atoms with E-state index in [0.29, 0.717) is 0 Å². The molecule has 1 atom stereocenters. The van der Waals surface area contributed by atoms with Crippen LogP contribution in [-0.2, 0) is 10.0 Å². The standard InChI is InChI=1S/C9H13ClN2O3S2/c1-6(4-10)5-17(14,15)12-9-7(8(11)13)2-3-16-9/h2-3,6,12H,4-5H2,1H3,(H2,11,13). The van der Waals surface area contributed by atoms with E-state index in [4.69, 9.17) is 17.3 Å². The third-order valence-corrected chi connectivity index (χ3v) is 4.96. The molecule has 0 saturated carbocycles. The molecule has 0 radical (unpaired) electrons. The van der Waals surface area contributed by atoms with Crippen molar-refractivity contribution < 1.29 is 13.2 Å². The van der Waals surface area contributed by atoms with Gasteiger partial charge in [0.1, 0.15) is 5.00 Å². The average molecular weight is 297 g/mol. The number of amides is 1. The molecular formula is C9H13ClN2O3S2. The number of carbonyl (C=O) groups excluding carboxylic acids is 1. The van der Waals surface area contributed by atoms with E-state index >= 15 is 0 Å². The predicted molar refractivity (Wildman–Crippen MR) is 70.1 cm³/mol. The summed E-state index contributed by atoms with van der Waals surface area (Å²) in [4.78, 5) is 11.0.